The van der Waals surface area contributed by atoms with Crippen LogP contribution in [0.5, 0.6) is 5.88 Å². The van der Waals surface area contributed by atoms with E-state index in [1.54, 1.807) is 13.0 Å². The lowest BCUT2D eigenvalue weighted by atomic mass is 10.1. The van der Waals surface area contributed by atoms with Crippen molar-refractivity contribution >= 4 is 24.0 Å². The monoisotopic (exact) mass is 466 g/mol. The standard InChI is InChI=1S/C23H22N6O3.ClH/c1-14-19(20(28-32-14)15-6-4-3-5-7-15)22(30)26-17-9-8-16(27-23(17)31-2)21-18-12-24-10-11-29(18)13-25-21;/h3-9,13,24H,10-12H2,1-2H3,(H,26,30);1H. The fraction of sp³-hybridized carbons (Fsp3) is 0.217. The Bertz CT molecular complexity index is 1280. The van der Waals surface area contributed by atoms with Crippen LogP contribution in [0.4, 0.5) is 5.69 Å². The summed E-state index contributed by atoms with van der Waals surface area (Å²) >= 11 is 0. The molecule has 0 saturated carbocycles. The lowest BCUT2D eigenvalue weighted by Crippen LogP contribution is -2.27. The van der Waals surface area contributed by atoms with Crippen LogP contribution in [-0.2, 0) is 13.1 Å². The highest BCUT2D eigenvalue weighted by Gasteiger charge is 2.24. The Morgan fingerprint density at radius 3 is 2.79 bits per heavy atom. The summed E-state index contributed by atoms with van der Waals surface area (Å²) in [5, 5.41) is 10.3. The number of halogens is 1. The van der Waals surface area contributed by atoms with Gasteiger partial charge in [-0.15, -0.1) is 12.4 Å². The van der Waals surface area contributed by atoms with Gasteiger partial charge in [-0.3, -0.25) is 4.79 Å². The van der Waals surface area contributed by atoms with Crippen LogP contribution in [0.2, 0.25) is 0 Å². The molecule has 0 fully saturated rings. The van der Waals surface area contributed by atoms with Crippen molar-refractivity contribution in [2.75, 3.05) is 19.0 Å². The van der Waals surface area contributed by atoms with E-state index in [2.05, 4.69) is 30.3 Å². The van der Waals surface area contributed by atoms with Crippen LogP contribution < -0.4 is 15.4 Å². The molecule has 0 unspecified atom stereocenters. The van der Waals surface area contributed by atoms with Gasteiger partial charge in [0.15, 0.2) is 0 Å². The Morgan fingerprint density at radius 2 is 2.00 bits per heavy atom. The average Bonchev–Trinajstić information content (AvgIpc) is 3.43. The first-order valence-electron chi connectivity index (χ1n) is 10.3. The fourth-order valence-corrected chi connectivity index (χ4v) is 3.85. The number of methoxy groups -OCH3 is 1. The molecule has 0 saturated heterocycles. The number of nitrogens with zero attached hydrogens (tertiary/aromatic N) is 4. The van der Waals surface area contributed by atoms with Crippen LogP contribution in [0.1, 0.15) is 21.8 Å². The predicted octanol–water partition coefficient (Wildman–Crippen LogP) is 3.69. The first-order valence-corrected chi connectivity index (χ1v) is 10.3. The van der Waals surface area contributed by atoms with Crippen molar-refractivity contribution in [3.05, 3.63) is 65.8 Å². The zero-order valence-corrected chi connectivity index (χ0v) is 19.0. The van der Waals surface area contributed by atoms with E-state index in [0.29, 0.717) is 34.3 Å². The number of amides is 1. The predicted molar refractivity (Wildman–Crippen MR) is 126 cm³/mol. The van der Waals surface area contributed by atoms with Crippen LogP contribution in [0.15, 0.2) is 53.3 Å². The van der Waals surface area contributed by atoms with Gasteiger partial charge in [-0.25, -0.2) is 9.97 Å². The summed E-state index contributed by atoms with van der Waals surface area (Å²) in [5.41, 5.74) is 4.67. The highest BCUT2D eigenvalue weighted by molar-refractivity contribution is 6.09. The van der Waals surface area contributed by atoms with Gasteiger partial charge >= 0.3 is 0 Å². The molecule has 0 aliphatic carbocycles. The molecule has 0 radical (unpaired) electrons. The van der Waals surface area contributed by atoms with E-state index in [9.17, 15) is 4.79 Å². The third kappa shape index (κ3) is 4.20. The number of imidazole rings is 1. The number of fused-ring (bicyclic) bond motifs is 1. The molecule has 1 aliphatic rings. The molecule has 9 nitrogen and oxygen atoms in total. The minimum Gasteiger partial charge on any atom is -0.479 e. The van der Waals surface area contributed by atoms with Crippen molar-refractivity contribution in [3.63, 3.8) is 0 Å². The van der Waals surface area contributed by atoms with E-state index in [1.807, 2.05) is 42.7 Å². The van der Waals surface area contributed by atoms with E-state index < -0.39 is 0 Å². The first-order chi connectivity index (χ1) is 15.7. The normalized spacial score (nSPS) is 12.5. The lowest BCUT2D eigenvalue weighted by Gasteiger charge is -2.17. The number of rotatable bonds is 5. The van der Waals surface area contributed by atoms with Gasteiger partial charge in [-0.05, 0) is 19.1 Å². The minimum absolute atomic E-state index is 0. The second-order valence-corrected chi connectivity index (χ2v) is 7.45. The van der Waals surface area contributed by atoms with Gasteiger partial charge in [0.05, 0.1) is 24.8 Å². The van der Waals surface area contributed by atoms with Crippen molar-refractivity contribution in [2.45, 2.75) is 20.0 Å². The maximum Gasteiger partial charge on any atom is 0.261 e. The van der Waals surface area contributed by atoms with E-state index in [4.69, 9.17) is 9.26 Å². The Kier molecular flexibility index (Phi) is 6.43. The van der Waals surface area contributed by atoms with Crippen LogP contribution in [0.25, 0.3) is 22.6 Å². The van der Waals surface area contributed by atoms with Gasteiger partial charge in [0, 0.05) is 25.2 Å². The maximum absolute atomic E-state index is 13.1. The molecule has 1 aromatic carbocycles. The molecule has 1 aliphatic heterocycles. The summed E-state index contributed by atoms with van der Waals surface area (Å²) < 4.78 is 12.9. The van der Waals surface area contributed by atoms with E-state index in [1.165, 1.54) is 7.11 Å². The topological polar surface area (TPSA) is 107 Å². The van der Waals surface area contributed by atoms with Gasteiger partial charge in [0.2, 0.25) is 5.88 Å². The molecular weight excluding hydrogens is 444 g/mol. The summed E-state index contributed by atoms with van der Waals surface area (Å²) in [6.45, 7) is 4.23. The summed E-state index contributed by atoms with van der Waals surface area (Å²) in [5.74, 6) is 0.387. The van der Waals surface area contributed by atoms with Gasteiger partial charge in [-0.2, -0.15) is 0 Å². The molecule has 0 atom stereocenters. The second kappa shape index (κ2) is 9.43. The Labute approximate surface area is 196 Å². The zero-order valence-electron chi connectivity index (χ0n) is 18.2. The molecule has 5 rings (SSSR count). The summed E-state index contributed by atoms with van der Waals surface area (Å²) in [4.78, 5) is 22.3. The number of pyridine rings is 1. The number of nitrogens with one attached hydrogen (secondary N) is 2. The third-order valence-corrected chi connectivity index (χ3v) is 5.45. The molecule has 4 aromatic rings. The number of carbonyl (C=O) groups excluding carboxylic acids is 1. The number of benzene rings is 1. The maximum atomic E-state index is 13.1. The van der Waals surface area contributed by atoms with E-state index >= 15 is 0 Å². The van der Waals surface area contributed by atoms with Crippen LogP contribution in [0.3, 0.4) is 0 Å². The molecule has 33 heavy (non-hydrogen) atoms. The van der Waals surface area contributed by atoms with Gasteiger partial charge in [0.1, 0.15) is 28.4 Å². The quantitative estimate of drug-likeness (QED) is 0.461. The van der Waals surface area contributed by atoms with Gasteiger partial charge < -0.3 is 24.5 Å². The molecule has 4 heterocycles. The van der Waals surface area contributed by atoms with Crippen LogP contribution >= 0.6 is 12.4 Å². The van der Waals surface area contributed by atoms with Crippen molar-refractivity contribution in [1.82, 2.24) is 25.0 Å². The molecule has 10 heteroatoms. The third-order valence-electron chi connectivity index (χ3n) is 5.45. The highest BCUT2D eigenvalue weighted by atomic mass is 35.5. The molecule has 1 amide bonds. The minimum atomic E-state index is -0.348. The number of aryl methyl sites for hydroxylation is 1. The van der Waals surface area contributed by atoms with Crippen molar-refractivity contribution in [3.8, 4) is 28.5 Å². The molecule has 3 aromatic heterocycles. The zero-order chi connectivity index (χ0) is 22.1. The summed E-state index contributed by atoms with van der Waals surface area (Å²) in [6, 6.07) is 13.0. The van der Waals surface area contributed by atoms with Gasteiger partial charge in [-0.1, -0.05) is 35.5 Å². The highest BCUT2D eigenvalue weighted by Crippen LogP contribution is 2.31. The lowest BCUT2D eigenvalue weighted by molar-refractivity contribution is 0.102. The van der Waals surface area contributed by atoms with Crippen molar-refractivity contribution in [2.24, 2.45) is 0 Å². The average molecular weight is 467 g/mol. The number of ether oxygens (including phenoxy) is 1. The van der Waals surface area contributed by atoms with Crippen molar-refractivity contribution in [1.29, 1.82) is 0 Å². The summed E-state index contributed by atoms with van der Waals surface area (Å²) in [6.07, 6.45) is 1.83. The Hall–Kier alpha value is -3.69. The van der Waals surface area contributed by atoms with Crippen molar-refractivity contribution < 1.29 is 14.1 Å². The smallest absolute Gasteiger partial charge is 0.261 e. The molecule has 0 spiro atoms. The van der Waals surface area contributed by atoms with Gasteiger partial charge in [0.25, 0.3) is 5.91 Å². The number of aromatic nitrogens is 4. The largest absolute Gasteiger partial charge is 0.479 e. The molecule has 0 bridgehead atoms. The number of carbonyl (C=O) groups is 1. The number of anilines is 1. The molecule has 170 valence electrons. The number of hydrogen-bond acceptors (Lipinski definition) is 7. The molecular formula is C23H23ClN6O3. The SMILES string of the molecule is COc1nc(-c2ncn3c2CNCC3)ccc1NC(=O)c1c(-c2ccccc2)noc1C.Cl. The van der Waals surface area contributed by atoms with E-state index in [0.717, 1.165) is 36.6 Å². The molecule has 2 N–H and O–H groups in total. The fourth-order valence-electron chi connectivity index (χ4n) is 3.85. The summed E-state index contributed by atoms with van der Waals surface area (Å²) in [7, 11) is 1.52. The Balaban J connectivity index is 0.00000259. The number of hydrogen-bond donors (Lipinski definition) is 2. The first kappa shape index (κ1) is 22.5. The van der Waals surface area contributed by atoms with E-state index in [-0.39, 0.29) is 18.3 Å². The van der Waals surface area contributed by atoms with Crippen LogP contribution in [-0.4, -0.2) is 39.3 Å². The Morgan fingerprint density at radius 1 is 1.18 bits per heavy atom. The second-order valence-electron chi connectivity index (χ2n) is 7.45. The van der Waals surface area contributed by atoms with Crippen LogP contribution in [0, 0.1) is 6.92 Å².